The van der Waals surface area contributed by atoms with Gasteiger partial charge in [-0.2, -0.15) is 0 Å². The molecule has 0 aliphatic carbocycles. The zero-order valence-electron chi connectivity index (χ0n) is 8.86. The standard InChI is InChI=1S/C11H12N2O3/c1-7-3-2-4-8-11(7)12-9(14)5-13(8)6-10(15)16/h2-4H,5-6H2,1H3,(H,12,14)(H,15,16). The Morgan fingerprint density at radius 2 is 2.31 bits per heavy atom. The van der Waals surface area contributed by atoms with Crippen LogP contribution in [0.4, 0.5) is 11.4 Å². The first-order valence-electron chi connectivity index (χ1n) is 4.94. The number of para-hydroxylation sites is 1. The first-order chi connectivity index (χ1) is 7.58. The number of carbonyl (C=O) groups excluding carboxylic acids is 1. The summed E-state index contributed by atoms with van der Waals surface area (Å²) in [6.45, 7) is 1.80. The van der Waals surface area contributed by atoms with E-state index in [1.165, 1.54) is 0 Å². The average Bonchev–Trinajstić information content (AvgIpc) is 2.18. The van der Waals surface area contributed by atoms with Gasteiger partial charge in [-0.05, 0) is 18.6 Å². The summed E-state index contributed by atoms with van der Waals surface area (Å²) < 4.78 is 0. The molecule has 2 N–H and O–H groups in total. The molecule has 1 aliphatic rings. The van der Waals surface area contributed by atoms with Crippen molar-refractivity contribution in [1.29, 1.82) is 0 Å². The van der Waals surface area contributed by atoms with Gasteiger partial charge in [0.25, 0.3) is 0 Å². The number of anilines is 2. The summed E-state index contributed by atoms with van der Waals surface area (Å²) in [5.41, 5.74) is 2.41. The van der Waals surface area contributed by atoms with Crippen LogP contribution >= 0.6 is 0 Å². The molecule has 2 rings (SSSR count). The highest BCUT2D eigenvalue weighted by atomic mass is 16.4. The average molecular weight is 220 g/mol. The van der Waals surface area contributed by atoms with E-state index in [4.69, 9.17) is 5.11 Å². The topological polar surface area (TPSA) is 69.6 Å². The minimum absolute atomic E-state index is 0.0861. The van der Waals surface area contributed by atoms with Crippen molar-refractivity contribution in [2.24, 2.45) is 0 Å². The van der Waals surface area contributed by atoms with Crippen molar-refractivity contribution in [2.75, 3.05) is 23.3 Å². The Hall–Kier alpha value is -2.04. The normalized spacial score (nSPS) is 14.3. The van der Waals surface area contributed by atoms with Gasteiger partial charge < -0.3 is 15.3 Å². The van der Waals surface area contributed by atoms with E-state index in [2.05, 4.69) is 5.32 Å². The van der Waals surface area contributed by atoms with Gasteiger partial charge in [-0.3, -0.25) is 9.59 Å². The Morgan fingerprint density at radius 1 is 1.56 bits per heavy atom. The molecule has 0 spiro atoms. The molecular weight excluding hydrogens is 208 g/mol. The number of hydrogen-bond donors (Lipinski definition) is 2. The summed E-state index contributed by atoms with van der Waals surface area (Å²) in [5.74, 6) is -1.12. The molecule has 16 heavy (non-hydrogen) atoms. The third-order valence-corrected chi connectivity index (χ3v) is 2.52. The van der Waals surface area contributed by atoms with Gasteiger partial charge in [0.15, 0.2) is 0 Å². The minimum Gasteiger partial charge on any atom is -0.480 e. The fourth-order valence-corrected chi connectivity index (χ4v) is 1.82. The molecular formula is C11H12N2O3. The number of hydrogen-bond acceptors (Lipinski definition) is 3. The predicted octanol–water partition coefficient (Wildman–Crippen LogP) is 0.838. The Bertz CT molecular complexity index is 457. The highest BCUT2D eigenvalue weighted by Crippen LogP contribution is 2.31. The molecule has 1 aromatic carbocycles. The number of nitrogens with zero attached hydrogens (tertiary/aromatic N) is 1. The van der Waals surface area contributed by atoms with Crippen molar-refractivity contribution in [3.8, 4) is 0 Å². The molecule has 84 valence electrons. The summed E-state index contributed by atoms with van der Waals surface area (Å²) in [7, 11) is 0. The Balaban J connectivity index is 2.41. The van der Waals surface area contributed by atoms with E-state index < -0.39 is 5.97 Å². The quantitative estimate of drug-likeness (QED) is 0.774. The van der Waals surface area contributed by atoms with Crippen molar-refractivity contribution >= 4 is 23.3 Å². The Labute approximate surface area is 92.7 Å². The predicted molar refractivity (Wildman–Crippen MR) is 59.7 cm³/mol. The van der Waals surface area contributed by atoms with Crippen LogP contribution in [0.25, 0.3) is 0 Å². The number of carbonyl (C=O) groups is 2. The first-order valence-corrected chi connectivity index (χ1v) is 4.94. The van der Waals surface area contributed by atoms with Crippen LogP contribution in [0.1, 0.15) is 5.56 Å². The molecule has 0 aromatic heterocycles. The highest BCUT2D eigenvalue weighted by Gasteiger charge is 2.24. The number of aryl methyl sites for hydroxylation is 1. The number of carboxylic acid groups (broad SMARTS) is 1. The lowest BCUT2D eigenvalue weighted by molar-refractivity contribution is -0.135. The molecule has 0 radical (unpaired) electrons. The van der Waals surface area contributed by atoms with Crippen LogP contribution in [-0.2, 0) is 9.59 Å². The zero-order chi connectivity index (χ0) is 11.7. The monoisotopic (exact) mass is 220 g/mol. The minimum atomic E-state index is -0.942. The lowest BCUT2D eigenvalue weighted by atomic mass is 10.1. The van der Waals surface area contributed by atoms with Gasteiger partial charge in [0.1, 0.15) is 6.54 Å². The summed E-state index contributed by atoms with van der Waals surface area (Å²) in [6, 6.07) is 5.54. The van der Waals surface area contributed by atoms with E-state index in [-0.39, 0.29) is 19.0 Å². The second-order valence-electron chi connectivity index (χ2n) is 3.77. The first kappa shape index (κ1) is 10.5. The number of fused-ring (bicyclic) bond motifs is 1. The number of carboxylic acids is 1. The highest BCUT2D eigenvalue weighted by molar-refractivity contribution is 6.02. The Kier molecular flexibility index (Phi) is 2.52. The summed E-state index contributed by atoms with van der Waals surface area (Å²) in [6.07, 6.45) is 0. The molecule has 0 bridgehead atoms. The third-order valence-electron chi connectivity index (χ3n) is 2.52. The summed E-state index contributed by atoms with van der Waals surface area (Å²) >= 11 is 0. The second kappa shape index (κ2) is 3.84. The number of rotatable bonds is 2. The van der Waals surface area contributed by atoms with Crippen LogP contribution in [0.5, 0.6) is 0 Å². The van der Waals surface area contributed by atoms with Crippen molar-refractivity contribution in [2.45, 2.75) is 6.92 Å². The molecule has 1 aliphatic heterocycles. The number of aliphatic carboxylic acids is 1. The van der Waals surface area contributed by atoms with E-state index in [9.17, 15) is 9.59 Å². The molecule has 0 fully saturated rings. The van der Waals surface area contributed by atoms with Crippen molar-refractivity contribution in [1.82, 2.24) is 0 Å². The Morgan fingerprint density at radius 3 is 3.00 bits per heavy atom. The largest absolute Gasteiger partial charge is 0.480 e. The van der Waals surface area contributed by atoms with Crippen LogP contribution in [0.15, 0.2) is 18.2 Å². The maximum atomic E-state index is 11.4. The van der Waals surface area contributed by atoms with Crippen molar-refractivity contribution in [3.05, 3.63) is 23.8 Å². The molecule has 0 saturated heterocycles. The molecule has 0 unspecified atom stereocenters. The molecule has 1 heterocycles. The molecule has 5 heteroatoms. The van der Waals surface area contributed by atoms with Crippen molar-refractivity contribution < 1.29 is 14.7 Å². The van der Waals surface area contributed by atoms with Gasteiger partial charge in [-0.1, -0.05) is 12.1 Å². The number of benzene rings is 1. The van der Waals surface area contributed by atoms with Crippen LogP contribution in [0.2, 0.25) is 0 Å². The second-order valence-corrected chi connectivity index (χ2v) is 3.77. The van der Waals surface area contributed by atoms with Crippen LogP contribution in [-0.4, -0.2) is 30.1 Å². The molecule has 1 aromatic rings. The van der Waals surface area contributed by atoms with E-state index >= 15 is 0 Å². The summed E-state index contributed by atoms with van der Waals surface area (Å²) in [4.78, 5) is 23.7. The number of nitrogens with one attached hydrogen (secondary N) is 1. The maximum absolute atomic E-state index is 11.4. The van der Waals surface area contributed by atoms with Gasteiger partial charge in [-0.25, -0.2) is 0 Å². The van der Waals surface area contributed by atoms with Crippen LogP contribution in [0, 0.1) is 6.92 Å². The lowest BCUT2D eigenvalue weighted by Gasteiger charge is -2.30. The maximum Gasteiger partial charge on any atom is 0.323 e. The van der Waals surface area contributed by atoms with Gasteiger partial charge in [0.05, 0.1) is 17.9 Å². The zero-order valence-corrected chi connectivity index (χ0v) is 8.86. The number of amides is 1. The molecule has 1 amide bonds. The molecule has 0 saturated carbocycles. The van der Waals surface area contributed by atoms with Gasteiger partial charge in [0, 0.05) is 0 Å². The van der Waals surface area contributed by atoms with Gasteiger partial charge >= 0.3 is 5.97 Å². The fourth-order valence-electron chi connectivity index (χ4n) is 1.82. The molecule has 0 atom stereocenters. The van der Waals surface area contributed by atoms with Crippen LogP contribution in [0.3, 0.4) is 0 Å². The van der Waals surface area contributed by atoms with E-state index in [0.717, 1.165) is 11.3 Å². The SMILES string of the molecule is Cc1cccc2c1NC(=O)CN2CC(=O)O. The third kappa shape index (κ3) is 1.84. The van der Waals surface area contributed by atoms with E-state index in [1.807, 2.05) is 25.1 Å². The van der Waals surface area contributed by atoms with Crippen LogP contribution < -0.4 is 10.2 Å². The van der Waals surface area contributed by atoms with E-state index in [1.54, 1.807) is 4.90 Å². The fraction of sp³-hybridized carbons (Fsp3) is 0.273. The lowest BCUT2D eigenvalue weighted by Crippen LogP contribution is -2.41. The van der Waals surface area contributed by atoms with Gasteiger partial charge in [0.2, 0.25) is 5.91 Å². The van der Waals surface area contributed by atoms with Gasteiger partial charge in [-0.15, -0.1) is 0 Å². The van der Waals surface area contributed by atoms with E-state index in [0.29, 0.717) is 5.69 Å². The smallest absolute Gasteiger partial charge is 0.323 e. The summed E-state index contributed by atoms with van der Waals surface area (Å²) in [5, 5.41) is 11.5. The molecule has 5 nitrogen and oxygen atoms in total. The van der Waals surface area contributed by atoms with Crippen molar-refractivity contribution in [3.63, 3.8) is 0 Å².